The molecule has 0 bridgehead atoms. The van der Waals surface area contributed by atoms with Gasteiger partial charge in [-0.1, -0.05) is 19.1 Å². The third-order valence-electron chi connectivity index (χ3n) is 1.98. The van der Waals surface area contributed by atoms with Gasteiger partial charge in [0.2, 0.25) is 0 Å². The van der Waals surface area contributed by atoms with Crippen molar-refractivity contribution >= 4 is 10.4 Å². The third kappa shape index (κ3) is 11.4. The lowest BCUT2D eigenvalue weighted by Gasteiger charge is -2.24. The van der Waals surface area contributed by atoms with Crippen molar-refractivity contribution in [3.63, 3.8) is 0 Å². The molecule has 0 aliphatic heterocycles. The second-order valence-electron chi connectivity index (χ2n) is 3.59. The fourth-order valence-corrected chi connectivity index (χ4v) is 0.947. The van der Waals surface area contributed by atoms with Gasteiger partial charge >= 0.3 is 10.4 Å². The van der Waals surface area contributed by atoms with Gasteiger partial charge in [0.1, 0.15) is 0 Å². The van der Waals surface area contributed by atoms with Crippen molar-refractivity contribution in [1.82, 2.24) is 0 Å². The molecule has 0 aromatic heterocycles. The van der Waals surface area contributed by atoms with Gasteiger partial charge < -0.3 is 5.73 Å². The summed E-state index contributed by atoms with van der Waals surface area (Å²) < 4.78 is 29.7. The summed E-state index contributed by atoms with van der Waals surface area (Å²) in [5, 5.41) is 0. The maximum atomic E-state index is 9.33. The Morgan fingerprint density at radius 3 is 1.81 bits per heavy atom. The lowest BCUT2D eigenvalue weighted by Crippen LogP contribution is -2.25. The zero-order valence-corrected chi connectivity index (χ0v) is 10.7. The number of hydrogen-bond donors (Lipinski definition) is 2. The summed E-state index contributed by atoms with van der Waals surface area (Å²) in [7, 11) is -3.29. The molecule has 5 nitrogen and oxygen atoms in total. The number of rotatable bonds is 6. The van der Waals surface area contributed by atoms with E-state index < -0.39 is 10.4 Å². The van der Waals surface area contributed by atoms with E-state index in [9.17, 15) is 8.42 Å². The first-order valence-electron chi connectivity index (χ1n) is 4.69. The van der Waals surface area contributed by atoms with Crippen LogP contribution in [-0.4, -0.2) is 26.6 Å². The highest BCUT2D eigenvalue weighted by atomic mass is 32.3. The average Bonchev–Trinajstić information content (AvgIpc) is 2.18. The van der Waals surface area contributed by atoms with Crippen LogP contribution in [0.15, 0.2) is 25.3 Å². The van der Waals surface area contributed by atoms with Gasteiger partial charge in [-0.3, -0.25) is 8.74 Å². The summed E-state index contributed by atoms with van der Waals surface area (Å²) in [4.78, 5) is 0. The van der Waals surface area contributed by atoms with E-state index in [-0.39, 0.29) is 5.41 Å². The monoisotopic (exact) mass is 251 g/mol. The molecule has 0 aliphatic rings. The second-order valence-corrected chi connectivity index (χ2v) is 4.78. The summed E-state index contributed by atoms with van der Waals surface area (Å²) in [6.07, 6.45) is 5.76. The molecule has 0 heterocycles. The van der Waals surface area contributed by atoms with Gasteiger partial charge in [-0.05, 0) is 24.8 Å². The van der Waals surface area contributed by atoms with Crippen LogP contribution >= 0.6 is 0 Å². The molecule has 16 heavy (non-hydrogen) atoms. The van der Waals surface area contributed by atoms with E-state index in [0.717, 1.165) is 20.0 Å². The molecule has 3 N–H and O–H groups in total. The summed E-state index contributed by atoms with van der Waals surface area (Å²) in [5.74, 6) is 0. The standard InChI is InChI=1S/C9H17N.CH4O4S/c1-4-6-9(3,8-10)7-5-2;1-5-6(2,3)4/h4-5H,1-2,6-8,10H2,3H3;1H3,(H,2,3,4). The van der Waals surface area contributed by atoms with Gasteiger partial charge in [-0.2, -0.15) is 8.42 Å². The van der Waals surface area contributed by atoms with Crippen molar-refractivity contribution in [2.45, 2.75) is 19.8 Å². The minimum atomic E-state index is -4.16. The first-order chi connectivity index (χ1) is 7.24. The van der Waals surface area contributed by atoms with Crippen LogP contribution in [0.2, 0.25) is 0 Å². The topological polar surface area (TPSA) is 89.6 Å². The first-order valence-corrected chi connectivity index (χ1v) is 6.06. The molecular weight excluding hydrogens is 230 g/mol. The zero-order chi connectivity index (χ0) is 13.2. The van der Waals surface area contributed by atoms with Crippen molar-refractivity contribution in [2.75, 3.05) is 13.7 Å². The molecule has 0 saturated heterocycles. The molecule has 0 radical (unpaired) electrons. The van der Waals surface area contributed by atoms with Gasteiger partial charge in [0.25, 0.3) is 0 Å². The quantitative estimate of drug-likeness (QED) is 0.552. The Morgan fingerprint density at radius 1 is 1.38 bits per heavy atom. The zero-order valence-electron chi connectivity index (χ0n) is 9.85. The minimum absolute atomic E-state index is 0.184. The summed E-state index contributed by atoms with van der Waals surface area (Å²) in [5.41, 5.74) is 5.77. The maximum absolute atomic E-state index is 9.33. The van der Waals surface area contributed by atoms with Crippen molar-refractivity contribution in [3.8, 4) is 0 Å². The molecule has 0 aromatic carbocycles. The van der Waals surface area contributed by atoms with Crippen LogP contribution in [0.25, 0.3) is 0 Å². The van der Waals surface area contributed by atoms with Crippen molar-refractivity contribution in [2.24, 2.45) is 11.1 Å². The Kier molecular flexibility index (Phi) is 9.36. The molecule has 0 saturated carbocycles. The highest BCUT2D eigenvalue weighted by molar-refractivity contribution is 7.80. The van der Waals surface area contributed by atoms with Crippen LogP contribution in [0.1, 0.15) is 19.8 Å². The lowest BCUT2D eigenvalue weighted by atomic mass is 9.84. The van der Waals surface area contributed by atoms with E-state index in [1.165, 1.54) is 0 Å². The molecule has 0 fully saturated rings. The largest absolute Gasteiger partial charge is 0.397 e. The minimum Gasteiger partial charge on any atom is -0.330 e. The maximum Gasteiger partial charge on any atom is 0.397 e. The van der Waals surface area contributed by atoms with Crippen LogP contribution < -0.4 is 5.73 Å². The van der Waals surface area contributed by atoms with Crippen LogP contribution in [-0.2, 0) is 14.6 Å². The Hall–Kier alpha value is -0.690. The molecule has 96 valence electrons. The Morgan fingerprint density at radius 2 is 1.69 bits per heavy atom. The molecule has 0 spiro atoms. The van der Waals surface area contributed by atoms with Crippen LogP contribution in [0.3, 0.4) is 0 Å². The highest BCUT2D eigenvalue weighted by Gasteiger charge is 2.17. The molecule has 0 amide bonds. The lowest BCUT2D eigenvalue weighted by molar-refractivity contribution is 0.324. The molecule has 0 aliphatic carbocycles. The van der Waals surface area contributed by atoms with Crippen molar-refractivity contribution in [1.29, 1.82) is 0 Å². The molecule has 6 heteroatoms. The molecule has 0 rings (SSSR count). The number of allylic oxidation sites excluding steroid dienone is 2. The molecular formula is C10H21NO4S. The number of hydrogen-bond acceptors (Lipinski definition) is 4. The summed E-state index contributed by atoms with van der Waals surface area (Å²) >= 11 is 0. The fraction of sp³-hybridized carbons (Fsp3) is 0.600. The predicted molar refractivity (Wildman–Crippen MR) is 65.3 cm³/mol. The summed E-state index contributed by atoms with van der Waals surface area (Å²) in [6, 6.07) is 0. The molecule has 0 unspecified atom stereocenters. The van der Waals surface area contributed by atoms with E-state index in [1.54, 1.807) is 0 Å². The first kappa shape index (κ1) is 17.7. The van der Waals surface area contributed by atoms with Crippen LogP contribution in [0.5, 0.6) is 0 Å². The van der Waals surface area contributed by atoms with Gasteiger partial charge in [0.15, 0.2) is 0 Å². The van der Waals surface area contributed by atoms with E-state index in [2.05, 4.69) is 24.3 Å². The SMILES string of the molecule is C=CCC(C)(CN)CC=C.COS(=O)(=O)O. The van der Waals surface area contributed by atoms with Gasteiger partial charge in [-0.15, -0.1) is 13.2 Å². The third-order valence-corrected chi connectivity index (χ3v) is 2.40. The van der Waals surface area contributed by atoms with Crippen LogP contribution in [0, 0.1) is 5.41 Å². The Bertz CT molecular complexity index is 288. The van der Waals surface area contributed by atoms with Gasteiger partial charge in [-0.25, -0.2) is 0 Å². The summed E-state index contributed by atoms with van der Waals surface area (Å²) in [6.45, 7) is 10.2. The Balaban J connectivity index is 0. The van der Waals surface area contributed by atoms with E-state index in [4.69, 9.17) is 10.3 Å². The Labute approximate surface area is 97.9 Å². The average molecular weight is 251 g/mol. The van der Waals surface area contributed by atoms with Crippen molar-refractivity contribution in [3.05, 3.63) is 25.3 Å². The fourth-order valence-electron chi connectivity index (χ4n) is 0.947. The van der Waals surface area contributed by atoms with E-state index in [1.807, 2.05) is 12.2 Å². The number of nitrogens with two attached hydrogens (primary N) is 1. The highest BCUT2D eigenvalue weighted by Crippen LogP contribution is 2.24. The van der Waals surface area contributed by atoms with Gasteiger partial charge in [0.05, 0.1) is 7.11 Å². The predicted octanol–water partition coefficient (Wildman–Crippen LogP) is 1.54. The van der Waals surface area contributed by atoms with Crippen molar-refractivity contribution < 1.29 is 17.2 Å². The van der Waals surface area contributed by atoms with Gasteiger partial charge in [0, 0.05) is 0 Å². The normalized spacial score (nSPS) is 11.2. The van der Waals surface area contributed by atoms with E-state index in [0.29, 0.717) is 6.54 Å². The van der Waals surface area contributed by atoms with E-state index >= 15 is 0 Å². The second kappa shape index (κ2) is 8.46. The molecule has 0 atom stereocenters. The van der Waals surface area contributed by atoms with Crippen LogP contribution in [0.4, 0.5) is 0 Å². The molecule has 0 aromatic rings. The smallest absolute Gasteiger partial charge is 0.330 e.